The summed E-state index contributed by atoms with van der Waals surface area (Å²) in [5, 5.41) is 1.05. The summed E-state index contributed by atoms with van der Waals surface area (Å²) in [6.45, 7) is 3.43. The van der Waals surface area contributed by atoms with Crippen molar-refractivity contribution >= 4 is 22.9 Å². The second kappa shape index (κ2) is 7.60. The predicted octanol–water partition coefficient (Wildman–Crippen LogP) is 3.15. The van der Waals surface area contributed by atoms with Crippen molar-refractivity contribution in [1.29, 1.82) is 0 Å². The third-order valence-electron chi connectivity index (χ3n) is 2.81. The normalized spacial score (nSPS) is 11.1. The van der Waals surface area contributed by atoms with Gasteiger partial charge >= 0.3 is 0 Å². The number of benzene rings is 1. The van der Waals surface area contributed by atoms with Crippen LogP contribution in [0.25, 0.3) is 0 Å². The molecule has 0 radical (unpaired) electrons. The maximum atomic E-state index is 5.93. The van der Waals surface area contributed by atoms with Crippen molar-refractivity contribution < 1.29 is 0 Å². The fourth-order valence-electron chi connectivity index (χ4n) is 1.92. The van der Waals surface area contributed by atoms with Crippen molar-refractivity contribution in [3.8, 4) is 0 Å². The van der Waals surface area contributed by atoms with Crippen molar-refractivity contribution in [3.63, 3.8) is 0 Å². The summed E-state index contributed by atoms with van der Waals surface area (Å²) in [7, 11) is 0. The molecule has 5 heteroatoms. The molecular weight excluding hydrogens is 278 g/mol. The molecule has 0 amide bonds. The number of hydrogen-bond acceptors (Lipinski definition) is 4. The van der Waals surface area contributed by atoms with Crippen LogP contribution >= 0.6 is 22.9 Å². The molecule has 2 N–H and O–H groups in total. The molecule has 3 nitrogen and oxygen atoms in total. The molecule has 0 fully saturated rings. The Balaban J connectivity index is 1.99. The van der Waals surface area contributed by atoms with E-state index in [1.807, 2.05) is 6.07 Å². The van der Waals surface area contributed by atoms with Gasteiger partial charge in [-0.3, -0.25) is 4.90 Å². The van der Waals surface area contributed by atoms with Gasteiger partial charge in [-0.05, 0) is 18.5 Å². The topological polar surface area (TPSA) is 42.1 Å². The summed E-state index contributed by atoms with van der Waals surface area (Å²) < 4.78 is 0.744. The lowest BCUT2D eigenvalue weighted by molar-refractivity contribution is 0.254. The van der Waals surface area contributed by atoms with Crippen molar-refractivity contribution in [3.05, 3.63) is 51.4 Å². The molecule has 102 valence electrons. The third kappa shape index (κ3) is 4.91. The predicted molar refractivity (Wildman–Crippen MR) is 81.4 cm³/mol. The zero-order valence-corrected chi connectivity index (χ0v) is 12.3. The first kappa shape index (κ1) is 14.5. The Morgan fingerprint density at radius 1 is 1.21 bits per heavy atom. The van der Waals surface area contributed by atoms with Crippen LogP contribution in [-0.2, 0) is 13.1 Å². The van der Waals surface area contributed by atoms with Crippen molar-refractivity contribution in [1.82, 2.24) is 9.88 Å². The average molecular weight is 296 g/mol. The molecule has 1 heterocycles. The average Bonchev–Trinajstić information content (AvgIpc) is 2.82. The molecular formula is C14H18ClN3S. The maximum Gasteiger partial charge on any atom is 0.113 e. The molecule has 0 spiro atoms. The molecule has 2 rings (SSSR count). The number of hydrogen-bond donors (Lipinski definition) is 1. The monoisotopic (exact) mass is 295 g/mol. The van der Waals surface area contributed by atoms with Gasteiger partial charge in [-0.1, -0.05) is 41.9 Å². The van der Waals surface area contributed by atoms with E-state index in [4.69, 9.17) is 17.3 Å². The molecule has 2 aromatic rings. The van der Waals surface area contributed by atoms with Crippen molar-refractivity contribution in [2.75, 3.05) is 13.1 Å². The van der Waals surface area contributed by atoms with E-state index in [2.05, 4.69) is 34.1 Å². The Hall–Kier alpha value is -0.940. The Morgan fingerprint density at radius 2 is 2.00 bits per heavy atom. The zero-order valence-electron chi connectivity index (χ0n) is 10.8. The fourth-order valence-corrected chi connectivity index (χ4v) is 2.92. The van der Waals surface area contributed by atoms with Gasteiger partial charge in [0.25, 0.3) is 0 Å². The molecule has 1 aromatic carbocycles. The SMILES string of the molecule is NCCCN(Cc1ccccc1)Cc1ncc(Cl)s1. The molecule has 0 bridgehead atoms. The van der Waals surface area contributed by atoms with Crippen LogP contribution in [0.1, 0.15) is 17.0 Å². The van der Waals surface area contributed by atoms with Gasteiger partial charge in [-0.15, -0.1) is 11.3 Å². The van der Waals surface area contributed by atoms with Gasteiger partial charge in [-0.25, -0.2) is 4.98 Å². The lowest BCUT2D eigenvalue weighted by atomic mass is 10.2. The minimum atomic E-state index is 0.712. The molecule has 0 aliphatic heterocycles. The van der Waals surface area contributed by atoms with E-state index < -0.39 is 0 Å². The highest BCUT2D eigenvalue weighted by Gasteiger charge is 2.09. The Labute approximate surface area is 123 Å². The standard InChI is InChI=1S/C14H18ClN3S/c15-13-9-17-14(19-13)11-18(8-4-7-16)10-12-5-2-1-3-6-12/h1-3,5-6,9H,4,7-8,10-11,16H2. The third-order valence-corrected chi connectivity index (χ3v) is 3.91. The number of halogens is 1. The number of aromatic nitrogens is 1. The Bertz CT molecular complexity index is 486. The van der Waals surface area contributed by atoms with Crippen molar-refractivity contribution in [2.45, 2.75) is 19.5 Å². The fraction of sp³-hybridized carbons (Fsp3) is 0.357. The summed E-state index contributed by atoms with van der Waals surface area (Å²) in [5.41, 5.74) is 6.91. The van der Waals surface area contributed by atoms with Crippen LogP contribution in [0, 0.1) is 0 Å². The summed E-state index contributed by atoms with van der Waals surface area (Å²) in [6, 6.07) is 10.5. The zero-order chi connectivity index (χ0) is 13.5. The van der Waals surface area contributed by atoms with E-state index in [-0.39, 0.29) is 0 Å². The van der Waals surface area contributed by atoms with Gasteiger partial charge in [0.05, 0.1) is 12.7 Å². The highest BCUT2D eigenvalue weighted by molar-refractivity contribution is 7.15. The number of thiazole rings is 1. The first-order chi connectivity index (χ1) is 9.28. The summed E-state index contributed by atoms with van der Waals surface area (Å²) in [5.74, 6) is 0. The van der Waals surface area contributed by atoms with Crippen LogP contribution in [0.5, 0.6) is 0 Å². The number of nitrogens with zero attached hydrogens (tertiary/aromatic N) is 2. The molecule has 0 atom stereocenters. The summed E-state index contributed by atoms with van der Waals surface area (Å²) in [4.78, 5) is 6.68. The molecule has 0 unspecified atom stereocenters. The van der Waals surface area contributed by atoms with Gasteiger partial charge < -0.3 is 5.73 Å². The number of nitrogens with two attached hydrogens (primary N) is 1. The van der Waals surface area contributed by atoms with Gasteiger partial charge in [0.2, 0.25) is 0 Å². The van der Waals surface area contributed by atoms with Crippen LogP contribution in [0.15, 0.2) is 36.5 Å². The van der Waals surface area contributed by atoms with Gasteiger partial charge in [-0.2, -0.15) is 0 Å². The molecule has 1 aromatic heterocycles. The second-order valence-electron chi connectivity index (χ2n) is 4.40. The first-order valence-electron chi connectivity index (χ1n) is 6.34. The minimum absolute atomic E-state index is 0.712. The quantitative estimate of drug-likeness (QED) is 0.853. The van der Waals surface area contributed by atoms with E-state index in [1.165, 1.54) is 5.56 Å². The van der Waals surface area contributed by atoms with Gasteiger partial charge in [0.1, 0.15) is 9.34 Å². The van der Waals surface area contributed by atoms with E-state index >= 15 is 0 Å². The van der Waals surface area contributed by atoms with E-state index in [0.717, 1.165) is 35.4 Å². The van der Waals surface area contributed by atoms with Crippen molar-refractivity contribution in [2.24, 2.45) is 5.73 Å². The maximum absolute atomic E-state index is 5.93. The smallest absolute Gasteiger partial charge is 0.113 e. The van der Waals surface area contributed by atoms with Crippen LogP contribution < -0.4 is 5.73 Å². The molecule has 0 saturated carbocycles. The molecule has 19 heavy (non-hydrogen) atoms. The highest BCUT2D eigenvalue weighted by atomic mass is 35.5. The lowest BCUT2D eigenvalue weighted by Gasteiger charge is -2.21. The second-order valence-corrected chi connectivity index (χ2v) is 6.14. The van der Waals surface area contributed by atoms with Crippen LogP contribution in [0.2, 0.25) is 4.34 Å². The molecule has 0 saturated heterocycles. The summed E-state index contributed by atoms with van der Waals surface area (Å²) in [6.07, 6.45) is 2.71. The van der Waals surface area contributed by atoms with Gasteiger partial charge in [0, 0.05) is 13.1 Å². The van der Waals surface area contributed by atoms with Crippen LogP contribution in [0.4, 0.5) is 0 Å². The van der Waals surface area contributed by atoms with E-state index in [9.17, 15) is 0 Å². The minimum Gasteiger partial charge on any atom is -0.330 e. The first-order valence-corrected chi connectivity index (χ1v) is 7.54. The summed E-state index contributed by atoms with van der Waals surface area (Å²) >= 11 is 7.47. The number of rotatable bonds is 7. The highest BCUT2D eigenvalue weighted by Crippen LogP contribution is 2.20. The molecule has 0 aliphatic rings. The van der Waals surface area contributed by atoms with E-state index in [0.29, 0.717) is 6.54 Å². The van der Waals surface area contributed by atoms with E-state index in [1.54, 1.807) is 17.5 Å². The van der Waals surface area contributed by atoms with Gasteiger partial charge in [0.15, 0.2) is 0 Å². The Kier molecular flexibility index (Phi) is 5.79. The Morgan fingerprint density at radius 3 is 2.63 bits per heavy atom. The largest absolute Gasteiger partial charge is 0.330 e. The van der Waals surface area contributed by atoms with Crippen LogP contribution in [-0.4, -0.2) is 23.0 Å². The molecule has 0 aliphatic carbocycles. The van der Waals surface area contributed by atoms with Crippen LogP contribution in [0.3, 0.4) is 0 Å². The lowest BCUT2D eigenvalue weighted by Crippen LogP contribution is -2.25.